The molecule has 0 fully saturated rings. The summed E-state index contributed by atoms with van der Waals surface area (Å²) < 4.78 is 0. The highest BCUT2D eigenvalue weighted by atomic mass is 14.7. The lowest BCUT2D eigenvalue weighted by atomic mass is 9.98. The van der Waals surface area contributed by atoms with Crippen LogP contribution in [0.25, 0.3) is 0 Å². The van der Waals surface area contributed by atoms with Gasteiger partial charge in [-0.05, 0) is 17.5 Å². The first-order valence-electron chi connectivity index (χ1n) is 4.83. The van der Waals surface area contributed by atoms with E-state index in [0.717, 1.165) is 12.8 Å². The first-order chi connectivity index (χ1) is 6.29. The summed E-state index contributed by atoms with van der Waals surface area (Å²) in [6.07, 6.45) is 2.23. The Kier molecular flexibility index (Phi) is 3.93. The zero-order chi connectivity index (χ0) is 9.68. The summed E-state index contributed by atoms with van der Waals surface area (Å²) in [7, 11) is 0. The van der Waals surface area contributed by atoms with E-state index in [0.29, 0.717) is 6.54 Å². The van der Waals surface area contributed by atoms with Gasteiger partial charge in [0.2, 0.25) is 0 Å². The summed E-state index contributed by atoms with van der Waals surface area (Å²) in [6, 6.07) is 8.27. The first-order valence-corrected chi connectivity index (χ1v) is 4.83. The minimum atomic E-state index is -0.0113. The predicted molar refractivity (Wildman–Crippen MR) is 56.4 cm³/mol. The highest BCUT2D eigenvalue weighted by Gasteiger charge is 2.07. The van der Waals surface area contributed by atoms with Gasteiger partial charge in [0.15, 0.2) is 0 Å². The van der Waals surface area contributed by atoms with E-state index >= 15 is 0 Å². The van der Waals surface area contributed by atoms with Gasteiger partial charge in [-0.15, -0.1) is 0 Å². The average molecular weight is 178 g/mol. The Balaban J connectivity index is 2.90. The van der Waals surface area contributed by atoms with E-state index < -0.39 is 0 Å². The zero-order valence-electron chi connectivity index (χ0n) is 8.16. The maximum atomic E-state index is 5.90. The summed E-state index contributed by atoms with van der Waals surface area (Å²) in [5.74, 6) is 0. The maximum absolute atomic E-state index is 5.90. The molecule has 0 unspecified atom stereocenters. The van der Waals surface area contributed by atoms with Gasteiger partial charge in [0.25, 0.3) is 0 Å². The minimum Gasteiger partial charge on any atom is -0.329 e. The number of hydrogen-bond donors (Lipinski definition) is 2. The fourth-order valence-corrected chi connectivity index (χ4v) is 1.52. The van der Waals surface area contributed by atoms with Crippen molar-refractivity contribution in [2.24, 2.45) is 11.5 Å². The van der Waals surface area contributed by atoms with Gasteiger partial charge in [-0.3, -0.25) is 0 Å². The second-order valence-electron chi connectivity index (χ2n) is 3.29. The Morgan fingerprint density at radius 2 is 2.00 bits per heavy atom. The molecule has 0 aliphatic heterocycles. The van der Waals surface area contributed by atoms with Gasteiger partial charge in [0.05, 0.1) is 0 Å². The van der Waals surface area contributed by atoms with E-state index in [9.17, 15) is 0 Å². The molecule has 1 aromatic carbocycles. The predicted octanol–water partition coefficient (Wildman–Crippen LogP) is 1.60. The van der Waals surface area contributed by atoms with Crippen molar-refractivity contribution in [2.75, 3.05) is 6.54 Å². The Bertz CT molecular complexity index is 258. The molecule has 13 heavy (non-hydrogen) atoms. The second kappa shape index (κ2) is 5.00. The van der Waals surface area contributed by atoms with Gasteiger partial charge in [0.1, 0.15) is 0 Å². The molecule has 1 aromatic rings. The minimum absolute atomic E-state index is 0.0113. The van der Waals surface area contributed by atoms with Crippen molar-refractivity contribution in [1.82, 2.24) is 0 Å². The molecule has 0 radical (unpaired) electrons. The van der Waals surface area contributed by atoms with Crippen LogP contribution in [0.15, 0.2) is 24.3 Å². The first kappa shape index (κ1) is 10.2. The Morgan fingerprint density at radius 1 is 1.31 bits per heavy atom. The number of nitrogens with two attached hydrogens (primary N) is 2. The van der Waals surface area contributed by atoms with Crippen LogP contribution in [0.3, 0.4) is 0 Å². The molecule has 0 bridgehead atoms. The molecule has 0 saturated heterocycles. The van der Waals surface area contributed by atoms with Crippen LogP contribution in [-0.4, -0.2) is 6.54 Å². The SMILES string of the molecule is CCCc1ccccc1[C@@H](N)CN. The van der Waals surface area contributed by atoms with Crippen LogP contribution in [0.1, 0.15) is 30.5 Å². The van der Waals surface area contributed by atoms with Crippen LogP contribution in [0.5, 0.6) is 0 Å². The number of hydrogen-bond acceptors (Lipinski definition) is 2. The van der Waals surface area contributed by atoms with Crippen molar-refractivity contribution in [3.05, 3.63) is 35.4 Å². The van der Waals surface area contributed by atoms with Gasteiger partial charge in [0, 0.05) is 12.6 Å². The Hall–Kier alpha value is -0.860. The molecule has 0 aliphatic carbocycles. The van der Waals surface area contributed by atoms with E-state index in [1.165, 1.54) is 11.1 Å². The molecule has 0 spiro atoms. The molecule has 0 amide bonds. The van der Waals surface area contributed by atoms with Crippen molar-refractivity contribution in [1.29, 1.82) is 0 Å². The van der Waals surface area contributed by atoms with E-state index in [4.69, 9.17) is 11.5 Å². The van der Waals surface area contributed by atoms with Crippen molar-refractivity contribution in [3.8, 4) is 0 Å². The normalized spacial score (nSPS) is 12.8. The molecule has 0 aromatic heterocycles. The molecular weight excluding hydrogens is 160 g/mol. The third-order valence-corrected chi connectivity index (χ3v) is 2.23. The standard InChI is InChI=1S/C11H18N2/c1-2-5-9-6-3-4-7-10(9)11(13)8-12/h3-4,6-7,11H,2,5,8,12-13H2,1H3/t11-/m0/s1. The molecule has 2 nitrogen and oxygen atoms in total. The summed E-state index contributed by atoms with van der Waals surface area (Å²) in [6.45, 7) is 2.69. The fourth-order valence-electron chi connectivity index (χ4n) is 1.52. The van der Waals surface area contributed by atoms with Crippen LogP contribution < -0.4 is 11.5 Å². The lowest BCUT2D eigenvalue weighted by molar-refractivity contribution is 0.721. The van der Waals surface area contributed by atoms with Crippen molar-refractivity contribution < 1.29 is 0 Å². The lowest BCUT2D eigenvalue weighted by Crippen LogP contribution is -2.22. The Morgan fingerprint density at radius 3 is 2.62 bits per heavy atom. The van der Waals surface area contributed by atoms with E-state index in [1.54, 1.807) is 0 Å². The molecule has 1 atom stereocenters. The van der Waals surface area contributed by atoms with Gasteiger partial charge >= 0.3 is 0 Å². The molecule has 1 rings (SSSR count). The number of aryl methyl sites for hydroxylation is 1. The summed E-state index contributed by atoms with van der Waals surface area (Å²) >= 11 is 0. The zero-order valence-corrected chi connectivity index (χ0v) is 8.16. The topological polar surface area (TPSA) is 52.0 Å². The molecule has 0 saturated carbocycles. The molecule has 4 N–H and O–H groups in total. The molecule has 2 heteroatoms. The average Bonchev–Trinajstić information content (AvgIpc) is 2.18. The molecule has 0 heterocycles. The highest BCUT2D eigenvalue weighted by molar-refractivity contribution is 5.30. The largest absolute Gasteiger partial charge is 0.329 e. The smallest absolute Gasteiger partial charge is 0.0422 e. The van der Waals surface area contributed by atoms with Crippen molar-refractivity contribution in [2.45, 2.75) is 25.8 Å². The molecule has 0 aliphatic rings. The monoisotopic (exact) mass is 178 g/mol. The third-order valence-electron chi connectivity index (χ3n) is 2.23. The van der Waals surface area contributed by atoms with Crippen molar-refractivity contribution in [3.63, 3.8) is 0 Å². The third kappa shape index (κ3) is 2.54. The quantitative estimate of drug-likeness (QED) is 0.735. The van der Waals surface area contributed by atoms with Gasteiger partial charge in [-0.2, -0.15) is 0 Å². The van der Waals surface area contributed by atoms with Gasteiger partial charge in [-0.25, -0.2) is 0 Å². The molecular formula is C11H18N2. The van der Waals surface area contributed by atoms with Crippen molar-refractivity contribution >= 4 is 0 Å². The summed E-state index contributed by atoms with van der Waals surface area (Å²) in [5.41, 5.74) is 14.0. The second-order valence-corrected chi connectivity index (χ2v) is 3.29. The number of benzene rings is 1. The molecule has 72 valence electrons. The van der Waals surface area contributed by atoms with Gasteiger partial charge < -0.3 is 11.5 Å². The lowest BCUT2D eigenvalue weighted by Gasteiger charge is -2.13. The van der Waals surface area contributed by atoms with Gasteiger partial charge in [-0.1, -0.05) is 37.6 Å². The van der Waals surface area contributed by atoms with Crippen LogP contribution in [0, 0.1) is 0 Å². The van der Waals surface area contributed by atoms with E-state index in [-0.39, 0.29) is 6.04 Å². The Labute approximate surface area is 79.9 Å². The van der Waals surface area contributed by atoms with Crippen LogP contribution in [0.2, 0.25) is 0 Å². The van der Waals surface area contributed by atoms with Crippen LogP contribution >= 0.6 is 0 Å². The van der Waals surface area contributed by atoms with Crippen LogP contribution in [-0.2, 0) is 6.42 Å². The van der Waals surface area contributed by atoms with E-state index in [1.807, 2.05) is 6.07 Å². The fraction of sp³-hybridized carbons (Fsp3) is 0.455. The summed E-state index contributed by atoms with van der Waals surface area (Å²) in [5, 5.41) is 0. The highest BCUT2D eigenvalue weighted by Crippen LogP contribution is 2.16. The number of rotatable bonds is 4. The maximum Gasteiger partial charge on any atom is 0.0422 e. The summed E-state index contributed by atoms with van der Waals surface area (Å²) in [4.78, 5) is 0. The van der Waals surface area contributed by atoms with Crippen LogP contribution in [0.4, 0.5) is 0 Å². The van der Waals surface area contributed by atoms with E-state index in [2.05, 4.69) is 25.1 Å².